The van der Waals surface area contributed by atoms with E-state index in [4.69, 9.17) is 9.47 Å². The third-order valence-corrected chi connectivity index (χ3v) is 9.72. The predicted molar refractivity (Wildman–Crippen MR) is 171 cm³/mol. The summed E-state index contributed by atoms with van der Waals surface area (Å²) in [6, 6.07) is 22.8. The molecular formula is C39H40O4. The lowest BCUT2D eigenvalue weighted by atomic mass is 9.70. The molecule has 4 aromatic rings. The Morgan fingerprint density at radius 1 is 0.581 bits per heavy atom. The van der Waals surface area contributed by atoms with Crippen molar-refractivity contribution in [1.82, 2.24) is 0 Å². The number of fused-ring (bicyclic) bond motifs is 4. The van der Waals surface area contributed by atoms with Gasteiger partial charge in [0.25, 0.3) is 0 Å². The largest absolute Gasteiger partial charge is 0.422 e. The van der Waals surface area contributed by atoms with E-state index in [1.165, 1.54) is 22.3 Å². The first kappa shape index (κ1) is 28.9. The van der Waals surface area contributed by atoms with Crippen LogP contribution in [0, 0.1) is 27.7 Å². The Kier molecular flexibility index (Phi) is 6.68. The zero-order chi connectivity index (χ0) is 30.9. The maximum absolute atomic E-state index is 13.2. The first-order valence-corrected chi connectivity index (χ1v) is 15.1. The molecule has 43 heavy (non-hydrogen) atoms. The molecule has 0 aromatic heterocycles. The average Bonchev–Trinajstić information content (AvgIpc) is 3.32. The molecule has 0 bridgehead atoms. The lowest BCUT2D eigenvalue weighted by Gasteiger charge is -2.33. The minimum atomic E-state index is -0.355. The molecule has 0 N–H and O–H groups in total. The maximum Gasteiger partial charge on any atom is 0.343 e. The summed E-state index contributed by atoms with van der Waals surface area (Å²) in [6.07, 6.45) is 1.83. The van der Waals surface area contributed by atoms with Crippen LogP contribution in [0.3, 0.4) is 0 Å². The van der Waals surface area contributed by atoms with Crippen molar-refractivity contribution < 1.29 is 19.1 Å². The van der Waals surface area contributed by atoms with Crippen LogP contribution in [0.25, 0.3) is 0 Å². The second kappa shape index (κ2) is 9.94. The summed E-state index contributed by atoms with van der Waals surface area (Å²) in [7, 11) is 0. The first-order valence-electron chi connectivity index (χ1n) is 15.1. The number of carbonyl (C=O) groups excluding carboxylic acids is 2. The van der Waals surface area contributed by atoms with Gasteiger partial charge in [-0.25, -0.2) is 9.59 Å². The van der Waals surface area contributed by atoms with Crippen molar-refractivity contribution in [3.05, 3.63) is 128 Å². The molecule has 4 heteroatoms. The highest BCUT2D eigenvalue weighted by Gasteiger charge is 2.58. The molecule has 4 aromatic carbocycles. The quantitative estimate of drug-likeness (QED) is 0.181. The van der Waals surface area contributed by atoms with Crippen LogP contribution >= 0.6 is 0 Å². The van der Waals surface area contributed by atoms with Gasteiger partial charge in [-0.3, -0.25) is 0 Å². The van der Waals surface area contributed by atoms with Gasteiger partial charge in [-0.1, -0.05) is 76.2 Å². The average molecular weight is 573 g/mol. The number of aryl methyl sites for hydroxylation is 2. The van der Waals surface area contributed by atoms with E-state index < -0.39 is 0 Å². The molecule has 4 nitrogen and oxygen atoms in total. The van der Waals surface area contributed by atoms with Gasteiger partial charge in [-0.2, -0.15) is 0 Å². The van der Waals surface area contributed by atoms with Crippen LogP contribution in [0.15, 0.2) is 72.8 Å². The summed E-state index contributed by atoms with van der Waals surface area (Å²) >= 11 is 0. The van der Waals surface area contributed by atoms with Gasteiger partial charge in [0.05, 0.1) is 11.1 Å². The fourth-order valence-electron chi connectivity index (χ4n) is 8.24. The zero-order valence-electron chi connectivity index (χ0n) is 26.5. The van der Waals surface area contributed by atoms with Gasteiger partial charge in [0, 0.05) is 5.41 Å². The van der Waals surface area contributed by atoms with Crippen LogP contribution in [0.4, 0.5) is 0 Å². The third-order valence-electron chi connectivity index (χ3n) is 9.72. The molecule has 0 saturated heterocycles. The van der Waals surface area contributed by atoms with Crippen molar-refractivity contribution in [3.63, 3.8) is 0 Å². The van der Waals surface area contributed by atoms with Gasteiger partial charge in [-0.15, -0.1) is 0 Å². The molecule has 0 amide bonds. The van der Waals surface area contributed by atoms with Gasteiger partial charge >= 0.3 is 11.9 Å². The fourth-order valence-corrected chi connectivity index (χ4v) is 8.24. The predicted octanol–water partition coefficient (Wildman–Crippen LogP) is 9.01. The molecule has 0 saturated carbocycles. The molecule has 6 rings (SSSR count). The highest BCUT2D eigenvalue weighted by atomic mass is 16.5. The van der Waals surface area contributed by atoms with E-state index in [2.05, 4.69) is 53.7 Å². The van der Waals surface area contributed by atoms with Crippen molar-refractivity contribution >= 4 is 11.9 Å². The van der Waals surface area contributed by atoms with Gasteiger partial charge in [0.15, 0.2) is 0 Å². The monoisotopic (exact) mass is 572 g/mol. The Labute approximate surface area is 255 Å². The number of rotatable bonds is 4. The number of carbonyl (C=O) groups is 2. The highest BCUT2D eigenvalue weighted by molar-refractivity contribution is 5.92. The van der Waals surface area contributed by atoms with E-state index in [-0.39, 0.29) is 28.2 Å². The number of hydrogen-bond donors (Lipinski definition) is 0. The number of benzene rings is 4. The Bertz CT molecular complexity index is 1640. The van der Waals surface area contributed by atoms with Crippen molar-refractivity contribution in [2.24, 2.45) is 0 Å². The molecule has 2 aliphatic rings. The minimum Gasteiger partial charge on any atom is -0.422 e. The first-order chi connectivity index (χ1) is 20.3. The molecule has 0 unspecified atom stereocenters. The van der Waals surface area contributed by atoms with Crippen LogP contribution < -0.4 is 9.47 Å². The number of ether oxygens (including phenoxy) is 2. The lowest BCUT2D eigenvalue weighted by molar-refractivity contribution is 0.0723. The fraction of sp³-hybridized carbons (Fsp3) is 0.333. The molecule has 220 valence electrons. The van der Waals surface area contributed by atoms with Gasteiger partial charge < -0.3 is 9.47 Å². The number of hydrogen-bond acceptors (Lipinski definition) is 4. The summed E-state index contributed by atoms with van der Waals surface area (Å²) < 4.78 is 12.3. The van der Waals surface area contributed by atoms with Gasteiger partial charge in [0.1, 0.15) is 11.5 Å². The van der Waals surface area contributed by atoms with E-state index in [0.29, 0.717) is 22.6 Å². The summed E-state index contributed by atoms with van der Waals surface area (Å²) in [5, 5.41) is 0. The molecule has 0 radical (unpaired) electrons. The summed E-state index contributed by atoms with van der Waals surface area (Å²) in [4.78, 5) is 26.5. The minimum absolute atomic E-state index is 0.108. The normalized spacial score (nSPS) is 16.9. The zero-order valence-corrected chi connectivity index (χ0v) is 26.5. The maximum atomic E-state index is 13.2. The Hall–Kier alpha value is -4.18. The molecular weight excluding hydrogens is 532 g/mol. The smallest absolute Gasteiger partial charge is 0.343 e. The van der Waals surface area contributed by atoms with E-state index in [1.807, 2.05) is 50.2 Å². The van der Waals surface area contributed by atoms with E-state index in [9.17, 15) is 9.59 Å². The van der Waals surface area contributed by atoms with E-state index in [0.717, 1.165) is 35.1 Å². The molecule has 1 spiro atoms. The Morgan fingerprint density at radius 3 is 1.28 bits per heavy atom. The topological polar surface area (TPSA) is 52.6 Å². The number of esters is 2. The third kappa shape index (κ3) is 4.50. The standard InChI is InChI=1S/C39H40O4/c1-23-19-29-31(25(3)33(23)42-35(40)27-15-11-9-12-16-27)39(21-37(29,5)6)22-38(7,8)30-20-24(2)34(26(4)32(30)39)43-36(41)28-17-13-10-14-18-28/h9-20H,21-22H2,1-8H3. The summed E-state index contributed by atoms with van der Waals surface area (Å²) in [5.74, 6) is 0.562. The summed E-state index contributed by atoms with van der Waals surface area (Å²) in [5.41, 5.74) is 9.55. The Balaban J connectivity index is 1.54. The molecule has 0 atom stereocenters. The van der Waals surface area contributed by atoms with Crippen LogP contribution in [-0.4, -0.2) is 11.9 Å². The van der Waals surface area contributed by atoms with Gasteiger partial charge in [-0.05, 0) is 120 Å². The second-order valence-corrected chi connectivity index (χ2v) is 13.9. The van der Waals surface area contributed by atoms with Gasteiger partial charge in [0.2, 0.25) is 0 Å². The van der Waals surface area contributed by atoms with Crippen molar-refractivity contribution in [1.29, 1.82) is 0 Å². The SMILES string of the molecule is Cc1cc2c(c(C)c1OC(=O)c1ccccc1)C1(CC2(C)C)CC(C)(C)c2cc(C)c(OC(=O)c3ccccc3)c(C)c21. The molecule has 0 aliphatic heterocycles. The van der Waals surface area contributed by atoms with Crippen molar-refractivity contribution in [2.45, 2.75) is 84.5 Å². The summed E-state index contributed by atoms with van der Waals surface area (Å²) in [6.45, 7) is 17.6. The van der Waals surface area contributed by atoms with E-state index in [1.54, 1.807) is 24.3 Å². The van der Waals surface area contributed by atoms with Crippen LogP contribution in [0.1, 0.15) is 106 Å². The lowest BCUT2D eigenvalue weighted by Crippen LogP contribution is -2.28. The van der Waals surface area contributed by atoms with E-state index >= 15 is 0 Å². The van der Waals surface area contributed by atoms with Crippen LogP contribution in [0.2, 0.25) is 0 Å². The van der Waals surface area contributed by atoms with Crippen LogP contribution in [-0.2, 0) is 16.2 Å². The van der Waals surface area contributed by atoms with Crippen molar-refractivity contribution in [2.75, 3.05) is 0 Å². The Morgan fingerprint density at radius 2 is 0.930 bits per heavy atom. The molecule has 0 heterocycles. The molecule has 2 aliphatic carbocycles. The van der Waals surface area contributed by atoms with Crippen LogP contribution in [0.5, 0.6) is 11.5 Å². The van der Waals surface area contributed by atoms with Crippen molar-refractivity contribution in [3.8, 4) is 11.5 Å². The second-order valence-electron chi connectivity index (χ2n) is 13.9. The highest BCUT2D eigenvalue weighted by Crippen LogP contribution is 2.65. The molecule has 0 fully saturated rings.